The summed E-state index contributed by atoms with van der Waals surface area (Å²) in [5, 5.41) is 17.0. The van der Waals surface area contributed by atoms with Gasteiger partial charge in [-0.2, -0.15) is 10.5 Å². The Balaban J connectivity index is 0.000000171. The molecule has 0 aromatic carbocycles. The molecule has 86 valence electrons. The Morgan fingerprint density at radius 2 is 1.71 bits per heavy atom. The van der Waals surface area contributed by atoms with Gasteiger partial charge in [0.1, 0.15) is 21.9 Å². The molecule has 0 N–H and O–H groups in total. The van der Waals surface area contributed by atoms with Crippen molar-refractivity contribution in [1.29, 1.82) is 10.5 Å². The summed E-state index contributed by atoms with van der Waals surface area (Å²) in [6.45, 7) is 0. The minimum absolute atomic E-state index is 0.188. The van der Waals surface area contributed by atoms with Crippen LogP contribution in [-0.4, -0.2) is 9.97 Å². The van der Waals surface area contributed by atoms with E-state index in [-0.39, 0.29) is 5.15 Å². The van der Waals surface area contributed by atoms with E-state index in [1.165, 1.54) is 11.3 Å². The van der Waals surface area contributed by atoms with Crippen molar-refractivity contribution >= 4 is 57.5 Å². The topological polar surface area (TPSA) is 73.4 Å². The second-order valence-electron chi connectivity index (χ2n) is 2.28. The van der Waals surface area contributed by atoms with E-state index < -0.39 is 0 Å². The van der Waals surface area contributed by atoms with Crippen LogP contribution in [0, 0.1) is 22.7 Å². The Morgan fingerprint density at radius 1 is 1.06 bits per heavy atom. The monoisotopic (exact) mass is 322 g/mol. The third-order valence-electron chi connectivity index (χ3n) is 1.29. The van der Waals surface area contributed by atoms with E-state index in [4.69, 9.17) is 45.3 Å². The molecule has 0 bridgehead atoms. The summed E-state index contributed by atoms with van der Waals surface area (Å²) in [5.74, 6) is 0. The van der Waals surface area contributed by atoms with Crippen LogP contribution in [0.1, 0.15) is 9.75 Å². The van der Waals surface area contributed by atoms with Gasteiger partial charge in [-0.15, -0.1) is 11.3 Å². The summed E-state index contributed by atoms with van der Waals surface area (Å²) in [5.41, 5.74) is 1.54. The minimum Gasteiger partial charge on any atom is -0.232 e. The minimum atomic E-state index is 0.188. The Labute approximate surface area is 120 Å². The number of thiazole rings is 2. The molecule has 0 aliphatic rings. The number of hydrogen-bond donors (Lipinski definition) is 0. The van der Waals surface area contributed by atoms with Crippen LogP contribution in [0.25, 0.3) is 0 Å². The largest absolute Gasteiger partial charge is 0.232 e. The van der Waals surface area contributed by atoms with Crippen molar-refractivity contribution in [3.63, 3.8) is 0 Å². The number of halogens is 3. The van der Waals surface area contributed by atoms with E-state index in [0.29, 0.717) is 19.4 Å². The molecule has 0 radical (unpaired) electrons. The van der Waals surface area contributed by atoms with Crippen LogP contribution in [0.2, 0.25) is 14.8 Å². The molecule has 17 heavy (non-hydrogen) atoms. The van der Waals surface area contributed by atoms with E-state index in [1.54, 1.807) is 5.51 Å². The molecule has 0 saturated carbocycles. The maximum Gasteiger partial charge on any atom is 0.186 e. The van der Waals surface area contributed by atoms with Crippen LogP contribution in [0.4, 0.5) is 0 Å². The van der Waals surface area contributed by atoms with Gasteiger partial charge in [0.15, 0.2) is 14.8 Å². The summed E-state index contributed by atoms with van der Waals surface area (Å²) in [4.78, 5) is 8.10. The van der Waals surface area contributed by atoms with Gasteiger partial charge >= 0.3 is 0 Å². The maximum absolute atomic E-state index is 8.31. The van der Waals surface area contributed by atoms with Crippen molar-refractivity contribution in [3.05, 3.63) is 30.0 Å². The Kier molecular flexibility index (Phi) is 5.63. The highest BCUT2D eigenvalue weighted by Crippen LogP contribution is 2.24. The lowest BCUT2D eigenvalue weighted by Gasteiger charge is -1.71. The first-order chi connectivity index (χ1) is 8.08. The van der Waals surface area contributed by atoms with E-state index in [2.05, 4.69) is 9.97 Å². The summed E-state index contributed by atoms with van der Waals surface area (Å²) in [6, 6.07) is 3.76. The Morgan fingerprint density at radius 3 is 1.94 bits per heavy atom. The van der Waals surface area contributed by atoms with Gasteiger partial charge in [-0.25, -0.2) is 9.97 Å². The molecule has 2 aromatic rings. The molecule has 0 spiro atoms. The lowest BCUT2D eigenvalue weighted by molar-refractivity contribution is 1.40. The average molecular weight is 324 g/mol. The van der Waals surface area contributed by atoms with Crippen LogP contribution in [0.3, 0.4) is 0 Å². The first-order valence-corrected chi connectivity index (χ1v) is 6.62. The molecule has 0 aliphatic heterocycles. The molecule has 2 aromatic heterocycles. The Hall–Kier alpha value is -0.890. The van der Waals surface area contributed by atoms with Crippen LogP contribution in [0.5, 0.6) is 0 Å². The van der Waals surface area contributed by atoms with Gasteiger partial charge in [0, 0.05) is 0 Å². The molecule has 0 fully saturated rings. The fourth-order valence-electron chi connectivity index (χ4n) is 0.651. The predicted molar refractivity (Wildman–Crippen MR) is 68.7 cm³/mol. The van der Waals surface area contributed by atoms with Gasteiger partial charge in [-0.05, 0) is 0 Å². The number of nitriles is 2. The highest BCUT2D eigenvalue weighted by Gasteiger charge is 2.04. The molecule has 0 saturated heterocycles. The summed E-state index contributed by atoms with van der Waals surface area (Å²) in [6.07, 6.45) is 0. The van der Waals surface area contributed by atoms with Crippen molar-refractivity contribution in [2.75, 3.05) is 0 Å². The molecule has 0 amide bonds. The molecular weight excluding hydrogens is 323 g/mol. The molecule has 2 heterocycles. The van der Waals surface area contributed by atoms with E-state index >= 15 is 0 Å². The zero-order valence-corrected chi connectivity index (χ0v) is 11.7. The van der Waals surface area contributed by atoms with Gasteiger partial charge < -0.3 is 0 Å². The fraction of sp³-hybridized carbons (Fsp3) is 0. The van der Waals surface area contributed by atoms with E-state index in [9.17, 15) is 0 Å². The number of rotatable bonds is 0. The van der Waals surface area contributed by atoms with Crippen molar-refractivity contribution in [2.24, 2.45) is 0 Å². The SMILES string of the molecule is N#Cc1sc(Cl)nc1Cl.N#Cc1scnc1Cl. The van der Waals surface area contributed by atoms with E-state index in [1.807, 2.05) is 12.1 Å². The molecule has 4 nitrogen and oxygen atoms in total. The molecule has 2 rings (SSSR count). The number of aromatic nitrogens is 2. The second kappa shape index (κ2) is 6.75. The summed E-state index contributed by atoms with van der Waals surface area (Å²) < 4.78 is 0.302. The van der Waals surface area contributed by atoms with Crippen molar-refractivity contribution in [2.45, 2.75) is 0 Å². The Bertz CT molecular complexity index is 593. The smallest absolute Gasteiger partial charge is 0.186 e. The van der Waals surface area contributed by atoms with Gasteiger partial charge in [-0.3, -0.25) is 0 Å². The van der Waals surface area contributed by atoms with Crippen LogP contribution >= 0.6 is 57.5 Å². The van der Waals surface area contributed by atoms with Crippen molar-refractivity contribution in [1.82, 2.24) is 9.97 Å². The standard InChI is InChI=1S/C4Cl2N2S.C4HClN2S/c5-3-2(1-7)9-4(6)8-3;5-4-3(1-6)8-2-7-4/h;2H. The van der Waals surface area contributed by atoms with Crippen LogP contribution in [0.15, 0.2) is 5.51 Å². The molecule has 0 unspecified atom stereocenters. The lowest BCUT2D eigenvalue weighted by atomic mass is 10.6. The van der Waals surface area contributed by atoms with Gasteiger partial charge in [0.25, 0.3) is 0 Å². The van der Waals surface area contributed by atoms with Crippen molar-refractivity contribution < 1.29 is 0 Å². The third-order valence-corrected chi connectivity index (χ3v) is 3.87. The molecular formula is C8HCl3N4S2. The lowest BCUT2D eigenvalue weighted by Crippen LogP contribution is -1.63. The molecule has 9 heteroatoms. The third kappa shape index (κ3) is 4.12. The van der Waals surface area contributed by atoms with Gasteiger partial charge in [-0.1, -0.05) is 46.1 Å². The quantitative estimate of drug-likeness (QED) is 0.734. The maximum atomic E-state index is 8.31. The fourth-order valence-corrected chi connectivity index (χ4v) is 2.53. The first kappa shape index (κ1) is 14.2. The second-order valence-corrected chi connectivity index (χ2v) is 5.43. The van der Waals surface area contributed by atoms with Gasteiger partial charge in [0.2, 0.25) is 0 Å². The highest BCUT2D eigenvalue weighted by atomic mass is 35.5. The average Bonchev–Trinajstić information content (AvgIpc) is 2.85. The van der Waals surface area contributed by atoms with Crippen LogP contribution in [-0.2, 0) is 0 Å². The number of hydrogen-bond acceptors (Lipinski definition) is 6. The normalized spacial score (nSPS) is 8.76. The van der Waals surface area contributed by atoms with Crippen molar-refractivity contribution in [3.8, 4) is 12.1 Å². The molecule has 0 aliphatic carbocycles. The highest BCUT2D eigenvalue weighted by molar-refractivity contribution is 7.16. The number of nitrogens with zero attached hydrogens (tertiary/aromatic N) is 4. The zero-order chi connectivity index (χ0) is 12.8. The van der Waals surface area contributed by atoms with Gasteiger partial charge in [0.05, 0.1) is 5.51 Å². The predicted octanol–water partition coefficient (Wildman–Crippen LogP) is 3.99. The summed E-state index contributed by atoms with van der Waals surface area (Å²) >= 11 is 18.6. The first-order valence-electron chi connectivity index (χ1n) is 3.79. The van der Waals surface area contributed by atoms with E-state index in [0.717, 1.165) is 11.3 Å². The summed E-state index contributed by atoms with van der Waals surface area (Å²) in [7, 11) is 0. The zero-order valence-electron chi connectivity index (χ0n) is 7.82. The molecule has 0 atom stereocenters. The van der Waals surface area contributed by atoms with Crippen LogP contribution < -0.4 is 0 Å².